The number of H-pyrrole nitrogens is 1. The second-order valence-electron chi connectivity index (χ2n) is 5.10. The molecule has 0 unspecified atom stereocenters. The lowest BCUT2D eigenvalue weighted by molar-refractivity contribution is 0.768. The summed E-state index contributed by atoms with van der Waals surface area (Å²) < 4.78 is 1.76. The van der Waals surface area contributed by atoms with Crippen LogP contribution in [0.2, 0.25) is 5.02 Å². The Labute approximate surface area is 131 Å². The maximum atomic E-state index is 5.96. The summed E-state index contributed by atoms with van der Waals surface area (Å²) in [7, 11) is 1.89. The maximum absolute atomic E-state index is 5.96. The number of hydrogen-bond acceptors (Lipinski definition) is 3. The van der Waals surface area contributed by atoms with E-state index in [4.69, 9.17) is 16.6 Å². The average Bonchev–Trinajstić information content (AvgIpc) is 3.15. The van der Waals surface area contributed by atoms with Gasteiger partial charge in [-0.15, -0.1) is 0 Å². The lowest BCUT2D eigenvalue weighted by atomic mass is 10.1. The average molecular weight is 310 g/mol. The summed E-state index contributed by atoms with van der Waals surface area (Å²) in [5, 5.41) is 13.1. The van der Waals surface area contributed by atoms with Crippen molar-refractivity contribution >= 4 is 22.5 Å². The van der Waals surface area contributed by atoms with Gasteiger partial charge in [0.05, 0.1) is 29.3 Å². The van der Waals surface area contributed by atoms with Crippen molar-refractivity contribution in [2.45, 2.75) is 0 Å². The van der Waals surface area contributed by atoms with E-state index in [-0.39, 0.29) is 0 Å². The van der Waals surface area contributed by atoms with Crippen LogP contribution in [0.25, 0.3) is 33.4 Å². The van der Waals surface area contributed by atoms with Crippen LogP contribution in [0.4, 0.5) is 0 Å². The van der Waals surface area contributed by atoms with E-state index in [0.29, 0.717) is 5.02 Å². The molecule has 1 aromatic carbocycles. The lowest BCUT2D eigenvalue weighted by Gasteiger charge is -2.05. The van der Waals surface area contributed by atoms with Gasteiger partial charge >= 0.3 is 0 Å². The number of pyridine rings is 1. The van der Waals surface area contributed by atoms with Crippen LogP contribution in [0.3, 0.4) is 0 Å². The smallest absolute Gasteiger partial charge is 0.0997 e. The third kappa shape index (κ3) is 2.16. The molecule has 0 aliphatic heterocycles. The number of nitrogens with one attached hydrogen (secondary N) is 1. The van der Waals surface area contributed by atoms with Crippen LogP contribution >= 0.6 is 11.6 Å². The Balaban J connectivity index is 1.95. The normalized spacial score (nSPS) is 11.2. The van der Waals surface area contributed by atoms with Crippen molar-refractivity contribution in [3.05, 3.63) is 53.9 Å². The lowest BCUT2D eigenvalue weighted by Crippen LogP contribution is -1.90. The van der Waals surface area contributed by atoms with Gasteiger partial charge in [0.1, 0.15) is 0 Å². The summed E-state index contributed by atoms with van der Waals surface area (Å²) in [6.45, 7) is 0. The summed E-state index contributed by atoms with van der Waals surface area (Å²) >= 11 is 5.96. The van der Waals surface area contributed by atoms with E-state index >= 15 is 0 Å². The van der Waals surface area contributed by atoms with Gasteiger partial charge in [0.15, 0.2) is 0 Å². The highest BCUT2D eigenvalue weighted by Gasteiger charge is 2.12. The minimum absolute atomic E-state index is 0.709. The number of aromatic amines is 1. The molecular formula is C16H12ClN5. The summed E-state index contributed by atoms with van der Waals surface area (Å²) in [5.74, 6) is 0. The van der Waals surface area contributed by atoms with Gasteiger partial charge in [-0.05, 0) is 18.2 Å². The SMILES string of the molecule is Cn1cc(-c2nc(-c3ccc(Cl)cc3)cc3cn[nH]c23)cn1. The summed E-state index contributed by atoms with van der Waals surface area (Å²) in [6.07, 6.45) is 5.54. The second-order valence-corrected chi connectivity index (χ2v) is 5.54. The van der Waals surface area contributed by atoms with Gasteiger partial charge < -0.3 is 0 Å². The highest BCUT2D eigenvalue weighted by atomic mass is 35.5. The van der Waals surface area contributed by atoms with Gasteiger partial charge in [0, 0.05) is 34.8 Å². The topological polar surface area (TPSA) is 59.4 Å². The molecule has 3 heterocycles. The van der Waals surface area contributed by atoms with Crippen molar-refractivity contribution in [2.24, 2.45) is 7.05 Å². The van der Waals surface area contributed by atoms with Crippen molar-refractivity contribution < 1.29 is 0 Å². The van der Waals surface area contributed by atoms with E-state index in [1.807, 2.05) is 43.6 Å². The molecule has 0 bridgehead atoms. The Hall–Kier alpha value is -2.66. The number of benzene rings is 1. The fourth-order valence-electron chi connectivity index (χ4n) is 2.47. The monoisotopic (exact) mass is 309 g/mol. The molecule has 108 valence electrons. The molecule has 22 heavy (non-hydrogen) atoms. The molecular weight excluding hydrogens is 298 g/mol. The zero-order chi connectivity index (χ0) is 15.1. The standard InChI is InChI=1S/C16H12ClN5/c1-22-9-12(8-19-22)15-16-11(7-18-21-16)6-14(20-15)10-2-4-13(17)5-3-10/h2-9H,1H3,(H,18,21). The summed E-state index contributed by atoms with van der Waals surface area (Å²) in [5.41, 5.74) is 4.59. The van der Waals surface area contributed by atoms with Crippen LogP contribution < -0.4 is 0 Å². The van der Waals surface area contributed by atoms with E-state index in [0.717, 1.165) is 33.4 Å². The zero-order valence-corrected chi connectivity index (χ0v) is 12.5. The highest BCUT2D eigenvalue weighted by Crippen LogP contribution is 2.30. The largest absolute Gasteiger partial charge is 0.276 e. The minimum atomic E-state index is 0.709. The molecule has 0 spiro atoms. The van der Waals surface area contributed by atoms with Gasteiger partial charge in [0.2, 0.25) is 0 Å². The van der Waals surface area contributed by atoms with Gasteiger partial charge in [-0.2, -0.15) is 10.2 Å². The van der Waals surface area contributed by atoms with Crippen molar-refractivity contribution in [2.75, 3.05) is 0 Å². The molecule has 0 aliphatic rings. The molecule has 1 N–H and O–H groups in total. The van der Waals surface area contributed by atoms with Crippen molar-refractivity contribution in [3.63, 3.8) is 0 Å². The molecule has 3 aromatic heterocycles. The predicted octanol–water partition coefficient (Wildman–Crippen LogP) is 3.68. The van der Waals surface area contributed by atoms with E-state index < -0.39 is 0 Å². The number of fused-ring (bicyclic) bond motifs is 1. The van der Waals surface area contributed by atoms with E-state index in [9.17, 15) is 0 Å². The molecule has 0 fully saturated rings. The molecule has 6 heteroatoms. The van der Waals surface area contributed by atoms with E-state index in [2.05, 4.69) is 15.3 Å². The predicted molar refractivity (Wildman–Crippen MR) is 86.5 cm³/mol. The Kier molecular flexibility index (Phi) is 2.94. The van der Waals surface area contributed by atoms with Crippen molar-refractivity contribution in [1.82, 2.24) is 25.0 Å². The molecule has 5 nitrogen and oxygen atoms in total. The third-order valence-corrected chi connectivity index (χ3v) is 3.80. The Morgan fingerprint density at radius 1 is 1.09 bits per heavy atom. The Morgan fingerprint density at radius 2 is 1.91 bits per heavy atom. The van der Waals surface area contributed by atoms with Crippen molar-refractivity contribution in [3.8, 4) is 22.5 Å². The fraction of sp³-hybridized carbons (Fsp3) is 0.0625. The highest BCUT2D eigenvalue weighted by molar-refractivity contribution is 6.30. The van der Waals surface area contributed by atoms with Crippen molar-refractivity contribution in [1.29, 1.82) is 0 Å². The van der Waals surface area contributed by atoms with Crippen LogP contribution in [0.15, 0.2) is 48.9 Å². The number of aryl methyl sites for hydroxylation is 1. The molecule has 4 rings (SSSR count). The summed E-state index contributed by atoms with van der Waals surface area (Å²) in [4.78, 5) is 4.79. The maximum Gasteiger partial charge on any atom is 0.0997 e. The number of nitrogens with zero attached hydrogens (tertiary/aromatic N) is 4. The minimum Gasteiger partial charge on any atom is -0.276 e. The molecule has 0 atom stereocenters. The van der Waals surface area contributed by atoms with Crippen LogP contribution in [0.5, 0.6) is 0 Å². The molecule has 0 aliphatic carbocycles. The molecule has 0 amide bonds. The van der Waals surface area contributed by atoms with E-state index in [1.54, 1.807) is 17.1 Å². The first-order valence-corrected chi connectivity index (χ1v) is 7.17. The zero-order valence-electron chi connectivity index (χ0n) is 11.8. The molecule has 4 aromatic rings. The van der Waals surface area contributed by atoms with Crippen LogP contribution in [-0.2, 0) is 7.05 Å². The second kappa shape index (κ2) is 4.96. The Morgan fingerprint density at radius 3 is 2.64 bits per heavy atom. The number of aromatic nitrogens is 5. The van der Waals surface area contributed by atoms with Gasteiger partial charge in [-0.3, -0.25) is 9.78 Å². The van der Waals surface area contributed by atoms with Gasteiger partial charge in [0.25, 0.3) is 0 Å². The first-order valence-electron chi connectivity index (χ1n) is 6.80. The fourth-order valence-corrected chi connectivity index (χ4v) is 2.60. The number of halogens is 1. The van der Waals surface area contributed by atoms with Crippen LogP contribution in [0.1, 0.15) is 0 Å². The van der Waals surface area contributed by atoms with Gasteiger partial charge in [-0.1, -0.05) is 23.7 Å². The molecule has 0 saturated heterocycles. The quantitative estimate of drug-likeness (QED) is 0.614. The van der Waals surface area contributed by atoms with Gasteiger partial charge in [-0.25, -0.2) is 4.98 Å². The molecule has 0 radical (unpaired) electrons. The first kappa shape index (κ1) is 13.0. The first-order chi connectivity index (χ1) is 10.7. The van der Waals surface area contributed by atoms with Crippen LogP contribution in [0, 0.1) is 0 Å². The number of rotatable bonds is 2. The Bertz CT molecular complexity index is 952. The third-order valence-electron chi connectivity index (χ3n) is 3.55. The number of hydrogen-bond donors (Lipinski definition) is 1. The van der Waals surface area contributed by atoms with E-state index in [1.165, 1.54) is 0 Å². The molecule has 0 saturated carbocycles. The summed E-state index contributed by atoms with van der Waals surface area (Å²) in [6, 6.07) is 9.67. The van der Waals surface area contributed by atoms with Crippen LogP contribution in [-0.4, -0.2) is 25.0 Å².